The fourth-order valence-electron chi connectivity index (χ4n) is 4.75. The van der Waals surface area contributed by atoms with E-state index >= 15 is 0 Å². The van der Waals surface area contributed by atoms with Gasteiger partial charge in [-0.15, -0.1) is 0 Å². The molecule has 1 fully saturated rings. The lowest BCUT2D eigenvalue weighted by atomic mass is 9.94. The number of benzene rings is 3. The van der Waals surface area contributed by atoms with Crippen molar-refractivity contribution in [1.29, 1.82) is 0 Å². The molecule has 7 heteroatoms. The first-order valence-corrected chi connectivity index (χ1v) is 12.0. The fraction of sp³-hybridized carbons (Fsp3) is 0.267. The van der Waals surface area contributed by atoms with Crippen LogP contribution in [0, 0.1) is 13.8 Å². The smallest absolute Gasteiger partial charge is 0.300 e. The number of methoxy groups -OCH3 is 2. The average Bonchev–Trinajstić information content (AvgIpc) is 3.12. The van der Waals surface area contributed by atoms with E-state index in [4.69, 9.17) is 14.2 Å². The van der Waals surface area contributed by atoms with E-state index in [-0.39, 0.29) is 23.0 Å². The molecular weight excluding hydrogens is 470 g/mol. The molecule has 1 aliphatic heterocycles. The Morgan fingerprint density at radius 1 is 0.892 bits per heavy atom. The molecule has 0 saturated carbocycles. The van der Waals surface area contributed by atoms with Gasteiger partial charge in [-0.3, -0.25) is 14.5 Å². The molecule has 0 aromatic heterocycles. The molecule has 0 radical (unpaired) electrons. The molecule has 3 aromatic carbocycles. The quantitative estimate of drug-likeness (QED) is 0.253. The van der Waals surface area contributed by atoms with Crippen molar-refractivity contribution in [2.45, 2.75) is 39.8 Å². The average molecular weight is 502 g/mol. The van der Waals surface area contributed by atoms with E-state index in [1.54, 1.807) is 30.3 Å². The SMILES string of the molecule is COc1cccc(OC)c1/C(O)=C1\C(=O)C(=O)N(c2cc(C)cc(C)c2)C1c1cccc(OC(C)C)c1. The number of amides is 1. The zero-order chi connectivity index (χ0) is 26.9. The van der Waals surface area contributed by atoms with Gasteiger partial charge in [-0.25, -0.2) is 0 Å². The highest BCUT2D eigenvalue weighted by atomic mass is 16.5. The maximum Gasteiger partial charge on any atom is 0.300 e. The molecule has 1 saturated heterocycles. The summed E-state index contributed by atoms with van der Waals surface area (Å²) < 4.78 is 16.8. The number of rotatable bonds is 7. The topological polar surface area (TPSA) is 85.3 Å². The summed E-state index contributed by atoms with van der Waals surface area (Å²) in [7, 11) is 2.92. The fourth-order valence-corrected chi connectivity index (χ4v) is 4.75. The zero-order valence-corrected chi connectivity index (χ0v) is 21.9. The van der Waals surface area contributed by atoms with Crippen molar-refractivity contribution in [3.8, 4) is 17.2 Å². The van der Waals surface area contributed by atoms with Gasteiger partial charge in [0.2, 0.25) is 0 Å². The number of anilines is 1. The van der Waals surface area contributed by atoms with Gasteiger partial charge in [-0.05, 0) is 80.8 Å². The van der Waals surface area contributed by atoms with Crippen molar-refractivity contribution >= 4 is 23.1 Å². The minimum Gasteiger partial charge on any atom is -0.506 e. The summed E-state index contributed by atoms with van der Waals surface area (Å²) in [5.41, 5.74) is 3.20. The number of aryl methyl sites for hydroxylation is 2. The van der Waals surface area contributed by atoms with Crippen LogP contribution in [0.5, 0.6) is 17.2 Å². The van der Waals surface area contributed by atoms with Crippen molar-refractivity contribution in [2.24, 2.45) is 0 Å². The summed E-state index contributed by atoms with van der Waals surface area (Å²) in [5, 5.41) is 11.6. The van der Waals surface area contributed by atoms with Crippen molar-refractivity contribution in [3.05, 3.63) is 88.5 Å². The molecule has 1 N–H and O–H groups in total. The zero-order valence-electron chi connectivity index (χ0n) is 21.9. The summed E-state index contributed by atoms with van der Waals surface area (Å²) in [4.78, 5) is 28.6. The predicted octanol–water partition coefficient (Wildman–Crippen LogP) is 5.73. The van der Waals surface area contributed by atoms with Crippen LogP contribution in [0.1, 0.15) is 42.1 Å². The lowest BCUT2D eigenvalue weighted by Crippen LogP contribution is -2.29. The molecule has 1 amide bonds. The van der Waals surface area contributed by atoms with Crippen LogP contribution in [0.4, 0.5) is 5.69 Å². The normalized spacial score (nSPS) is 16.8. The molecule has 1 atom stereocenters. The van der Waals surface area contributed by atoms with Crippen molar-refractivity contribution in [1.82, 2.24) is 0 Å². The maximum absolute atomic E-state index is 13.6. The van der Waals surface area contributed by atoms with E-state index in [2.05, 4.69) is 0 Å². The van der Waals surface area contributed by atoms with Gasteiger partial charge in [0.15, 0.2) is 0 Å². The van der Waals surface area contributed by atoms with Crippen molar-refractivity contribution < 1.29 is 28.9 Å². The molecule has 37 heavy (non-hydrogen) atoms. The van der Waals surface area contributed by atoms with Crippen LogP contribution in [0.25, 0.3) is 5.76 Å². The molecule has 0 bridgehead atoms. The van der Waals surface area contributed by atoms with Crippen LogP contribution in [0.2, 0.25) is 0 Å². The van der Waals surface area contributed by atoms with E-state index in [0.717, 1.165) is 11.1 Å². The van der Waals surface area contributed by atoms with Gasteiger partial charge in [0.05, 0.1) is 31.9 Å². The highest BCUT2D eigenvalue weighted by Gasteiger charge is 2.47. The Morgan fingerprint density at radius 3 is 2.05 bits per heavy atom. The summed E-state index contributed by atoms with van der Waals surface area (Å²) >= 11 is 0. The number of Topliss-reactive ketones (excluding diaryl/α,β-unsaturated/α-hetero) is 1. The third-order valence-corrected chi connectivity index (χ3v) is 6.14. The Kier molecular flexibility index (Phi) is 7.25. The number of aliphatic hydroxyl groups excluding tert-OH is 1. The van der Waals surface area contributed by atoms with Gasteiger partial charge < -0.3 is 19.3 Å². The molecule has 1 unspecified atom stereocenters. The number of nitrogens with zero attached hydrogens (tertiary/aromatic N) is 1. The summed E-state index contributed by atoms with van der Waals surface area (Å²) in [6.45, 7) is 7.70. The molecule has 1 heterocycles. The lowest BCUT2D eigenvalue weighted by Gasteiger charge is -2.27. The van der Waals surface area contributed by atoms with Crippen LogP contribution in [-0.2, 0) is 9.59 Å². The van der Waals surface area contributed by atoms with E-state index in [9.17, 15) is 14.7 Å². The van der Waals surface area contributed by atoms with Crippen LogP contribution >= 0.6 is 0 Å². The molecule has 1 aliphatic rings. The number of ether oxygens (including phenoxy) is 3. The first-order valence-electron chi connectivity index (χ1n) is 12.0. The van der Waals surface area contributed by atoms with Crippen LogP contribution < -0.4 is 19.1 Å². The molecule has 0 spiro atoms. The number of carbonyl (C=O) groups is 2. The predicted molar refractivity (Wildman–Crippen MR) is 142 cm³/mol. The van der Waals surface area contributed by atoms with E-state index < -0.39 is 17.7 Å². The van der Waals surface area contributed by atoms with Gasteiger partial charge in [-0.2, -0.15) is 0 Å². The lowest BCUT2D eigenvalue weighted by molar-refractivity contribution is -0.132. The second kappa shape index (κ2) is 10.4. The minimum absolute atomic E-state index is 0.0614. The second-order valence-corrected chi connectivity index (χ2v) is 9.29. The molecule has 3 aromatic rings. The number of ketones is 1. The van der Waals surface area contributed by atoms with Gasteiger partial charge in [0.1, 0.15) is 28.6 Å². The minimum atomic E-state index is -0.911. The number of carbonyl (C=O) groups excluding carboxylic acids is 2. The number of aliphatic hydroxyl groups is 1. The third kappa shape index (κ3) is 4.89. The first-order chi connectivity index (χ1) is 17.7. The van der Waals surface area contributed by atoms with E-state index in [1.165, 1.54) is 19.1 Å². The van der Waals surface area contributed by atoms with Gasteiger partial charge in [0.25, 0.3) is 11.7 Å². The van der Waals surface area contributed by atoms with Crippen molar-refractivity contribution in [3.63, 3.8) is 0 Å². The summed E-state index contributed by atoms with van der Waals surface area (Å²) in [5.74, 6) is -0.700. The second-order valence-electron chi connectivity index (χ2n) is 9.29. The van der Waals surface area contributed by atoms with Crippen LogP contribution in [-0.4, -0.2) is 37.1 Å². The van der Waals surface area contributed by atoms with Gasteiger partial charge in [0, 0.05) is 5.69 Å². The summed E-state index contributed by atoms with van der Waals surface area (Å²) in [6.07, 6.45) is -0.0705. The molecule has 0 aliphatic carbocycles. The molecule has 7 nitrogen and oxygen atoms in total. The molecule has 4 rings (SSSR count). The van der Waals surface area contributed by atoms with E-state index in [0.29, 0.717) is 28.5 Å². The molecular formula is C30H31NO6. The van der Waals surface area contributed by atoms with Crippen LogP contribution in [0.3, 0.4) is 0 Å². The van der Waals surface area contributed by atoms with Gasteiger partial charge in [-0.1, -0.05) is 24.3 Å². The highest BCUT2D eigenvalue weighted by Crippen LogP contribution is 2.45. The molecule has 192 valence electrons. The first kappa shape index (κ1) is 25.8. The third-order valence-electron chi connectivity index (χ3n) is 6.14. The number of hydrogen-bond acceptors (Lipinski definition) is 6. The van der Waals surface area contributed by atoms with E-state index in [1.807, 2.05) is 58.0 Å². The van der Waals surface area contributed by atoms with Crippen LogP contribution in [0.15, 0.2) is 66.2 Å². The van der Waals surface area contributed by atoms with Crippen molar-refractivity contribution in [2.75, 3.05) is 19.1 Å². The standard InChI is InChI=1S/C30H31NO6/c1-17(2)37-22-10-7-9-20(16-22)27-26(28(32)25-23(35-5)11-8-12-24(25)36-6)29(33)30(34)31(27)21-14-18(3)13-19(4)15-21/h7-17,27,32H,1-6H3/b28-26+. The Morgan fingerprint density at radius 2 is 1.49 bits per heavy atom. The monoisotopic (exact) mass is 501 g/mol. The Balaban J connectivity index is 2.02. The largest absolute Gasteiger partial charge is 0.506 e. The number of hydrogen-bond donors (Lipinski definition) is 1. The Labute approximate surface area is 216 Å². The summed E-state index contributed by atoms with van der Waals surface area (Å²) in [6, 6.07) is 17.0. The Hall–Kier alpha value is -4.26. The maximum atomic E-state index is 13.6. The Bertz CT molecular complexity index is 1350. The highest BCUT2D eigenvalue weighted by molar-refractivity contribution is 6.51. The van der Waals surface area contributed by atoms with Gasteiger partial charge >= 0.3 is 0 Å².